The van der Waals surface area contributed by atoms with E-state index >= 15 is 0 Å². The summed E-state index contributed by atoms with van der Waals surface area (Å²) in [4.78, 5) is 24.7. The quantitative estimate of drug-likeness (QED) is 0.945. The lowest BCUT2D eigenvalue weighted by molar-refractivity contribution is -0.119. The molecule has 0 atom stereocenters. The third-order valence-corrected chi connectivity index (χ3v) is 5.10. The fourth-order valence-electron chi connectivity index (χ4n) is 2.84. The second-order valence-electron chi connectivity index (χ2n) is 5.44. The van der Waals surface area contributed by atoms with Gasteiger partial charge in [-0.1, -0.05) is 6.92 Å². The van der Waals surface area contributed by atoms with Gasteiger partial charge in [-0.05, 0) is 25.3 Å². The average Bonchev–Trinajstić information content (AvgIpc) is 2.90. The van der Waals surface area contributed by atoms with Gasteiger partial charge in [0, 0.05) is 30.9 Å². The van der Waals surface area contributed by atoms with Crippen LogP contribution in [-0.4, -0.2) is 35.0 Å². The molecule has 2 aromatic rings. The first kappa shape index (κ1) is 14.3. The zero-order valence-electron chi connectivity index (χ0n) is 12.4. The van der Waals surface area contributed by atoms with Crippen LogP contribution in [0.2, 0.25) is 0 Å². The SMILES string of the molecule is CCc1cc2c(N3CCC(NC(C)=O)CC3)ncnc2s1. The summed E-state index contributed by atoms with van der Waals surface area (Å²) in [5, 5.41) is 4.17. The number of amides is 1. The van der Waals surface area contributed by atoms with Crippen molar-refractivity contribution >= 4 is 33.3 Å². The number of rotatable bonds is 3. The van der Waals surface area contributed by atoms with Crippen LogP contribution in [0.15, 0.2) is 12.4 Å². The van der Waals surface area contributed by atoms with Crippen molar-refractivity contribution in [3.8, 4) is 0 Å². The lowest BCUT2D eigenvalue weighted by Crippen LogP contribution is -2.44. The standard InChI is InChI=1S/C15H20N4OS/c1-3-12-8-13-14(16-9-17-15(13)21-12)19-6-4-11(5-7-19)18-10(2)20/h8-9,11H,3-7H2,1-2H3,(H,18,20). The maximum atomic E-state index is 11.1. The number of nitrogens with zero attached hydrogens (tertiary/aromatic N) is 3. The average molecular weight is 304 g/mol. The van der Waals surface area contributed by atoms with Gasteiger partial charge in [0.05, 0.1) is 5.39 Å². The molecule has 1 N–H and O–H groups in total. The predicted octanol–water partition coefficient (Wildman–Crippen LogP) is 2.36. The van der Waals surface area contributed by atoms with Crippen LogP contribution in [0.5, 0.6) is 0 Å². The molecule has 3 heterocycles. The zero-order valence-corrected chi connectivity index (χ0v) is 13.2. The van der Waals surface area contributed by atoms with E-state index in [9.17, 15) is 4.79 Å². The molecule has 0 aromatic carbocycles. The maximum absolute atomic E-state index is 11.1. The first-order chi connectivity index (χ1) is 10.2. The van der Waals surface area contributed by atoms with Crippen molar-refractivity contribution < 1.29 is 4.79 Å². The van der Waals surface area contributed by atoms with Crippen LogP contribution in [-0.2, 0) is 11.2 Å². The second kappa shape index (κ2) is 5.97. The number of fused-ring (bicyclic) bond motifs is 1. The van der Waals surface area contributed by atoms with Crippen molar-refractivity contribution in [3.05, 3.63) is 17.3 Å². The van der Waals surface area contributed by atoms with Crippen molar-refractivity contribution in [1.82, 2.24) is 15.3 Å². The van der Waals surface area contributed by atoms with Gasteiger partial charge in [0.15, 0.2) is 0 Å². The number of carbonyl (C=O) groups is 1. The number of thiophene rings is 1. The highest BCUT2D eigenvalue weighted by Crippen LogP contribution is 2.31. The maximum Gasteiger partial charge on any atom is 0.217 e. The third-order valence-electron chi connectivity index (χ3n) is 3.91. The van der Waals surface area contributed by atoms with Crippen molar-refractivity contribution in [1.29, 1.82) is 0 Å². The molecule has 1 amide bonds. The molecule has 1 saturated heterocycles. The molecule has 0 saturated carbocycles. The Kier molecular flexibility index (Phi) is 4.05. The molecule has 0 bridgehead atoms. The molecule has 5 nitrogen and oxygen atoms in total. The lowest BCUT2D eigenvalue weighted by atomic mass is 10.0. The molecular formula is C15H20N4OS. The van der Waals surface area contributed by atoms with E-state index in [1.807, 2.05) is 0 Å². The molecule has 1 fully saturated rings. The number of carbonyl (C=O) groups excluding carboxylic acids is 1. The third kappa shape index (κ3) is 3.00. The number of hydrogen-bond acceptors (Lipinski definition) is 5. The van der Waals surface area contributed by atoms with Crippen molar-refractivity contribution in [2.45, 2.75) is 39.2 Å². The molecule has 6 heteroatoms. The number of anilines is 1. The van der Waals surface area contributed by atoms with Gasteiger partial charge >= 0.3 is 0 Å². The largest absolute Gasteiger partial charge is 0.356 e. The summed E-state index contributed by atoms with van der Waals surface area (Å²) in [6, 6.07) is 2.51. The fourth-order valence-corrected chi connectivity index (χ4v) is 3.77. The van der Waals surface area contributed by atoms with Crippen LogP contribution < -0.4 is 10.2 Å². The molecule has 1 aliphatic heterocycles. The summed E-state index contributed by atoms with van der Waals surface area (Å²) < 4.78 is 0. The summed E-state index contributed by atoms with van der Waals surface area (Å²) in [7, 11) is 0. The molecule has 0 unspecified atom stereocenters. The van der Waals surface area contributed by atoms with Crippen LogP contribution >= 0.6 is 11.3 Å². The smallest absolute Gasteiger partial charge is 0.217 e. The number of aryl methyl sites for hydroxylation is 1. The highest BCUT2D eigenvalue weighted by Gasteiger charge is 2.22. The molecule has 3 rings (SSSR count). The topological polar surface area (TPSA) is 58.1 Å². The highest BCUT2D eigenvalue weighted by atomic mass is 32.1. The Labute approximate surface area is 128 Å². The molecule has 0 spiro atoms. The lowest BCUT2D eigenvalue weighted by Gasteiger charge is -2.33. The summed E-state index contributed by atoms with van der Waals surface area (Å²) in [6.07, 6.45) is 4.63. The van der Waals surface area contributed by atoms with E-state index in [0.29, 0.717) is 6.04 Å². The summed E-state index contributed by atoms with van der Waals surface area (Å²) in [6.45, 7) is 5.59. The fraction of sp³-hybridized carbons (Fsp3) is 0.533. The Morgan fingerprint density at radius 3 is 2.86 bits per heavy atom. The second-order valence-corrected chi connectivity index (χ2v) is 6.56. The predicted molar refractivity (Wildman–Crippen MR) is 85.8 cm³/mol. The minimum absolute atomic E-state index is 0.0586. The van der Waals surface area contributed by atoms with Crippen LogP contribution in [0.4, 0.5) is 5.82 Å². The van der Waals surface area contributed by atoms with E-state index in [1.165, 1.54) is 4.88 Å². The number of nitrogens with one attached hydrogen (secondary N) is 1. The Balaban J connectivity index is 1.79. The van der Waals surface area contributed by atoms with Crippen LogP contribution in [0.3, 0.4) is 0 Å². The van der Waals surface area contributed by atoms with E-state index < -0.39 is 0 Å². The highest BCUT2D eigenvalue weighted by molar-refractivity contribution is 7.18. The zero-order chi connectivity index (χ0) is 14.8. The first-order valence-electron chi connectivity index (χ1n) is 7.43. The molecule has 1 aliphatic rings. The van der Waals surface area contributed by atoms with Gasteiger partial charge in [-0.2, -0.15) is 0 Å². The summed E-state index contributed by atoms with van der Waals surface area (Å²) in [5.74, 6) is 1.10. The van der Waals surface area contributed by atoms with Crippen molar-refractivity contribution in [3.63, 3.8) is 0 Å². The van der Waals surface area contributed by atoms with E-state index in [1.54, 1.807) is 24.6 Å². The van der Waals surface area contributed by atoms with Gasteiger partial charge < -0.3 is 10.2 Å². The van der Waals surface area contributed by atoms with Gasteiger partial charge in [-0.25, -0.2) is 9.97 Å². The molecule has 0 radical (unpaired) electrons. The van der Waals surface area contributed by atoms with Gasteiger partial charge in [-0.15, -0.1) is 11.3 Å². The van der Waals surface area contributed by atoms with Crippen LogP contribution in [0.25, 0.3) is 10.2 Å². The van der Waals surface area contributed by atoms with Gasteiger partial charge in [-0.3, -0.25) is 4.79 Å². The number of piperidine rings is 1. The van der Waals surface area contributed by atoms with Crippen molar-refractivity contribution in [2.24, 2.45) is 0 Å². The Bertz CT molecular complexity index is 646. The van der Waals surface area contributed by atoms with Gasteiger partial charge in [0.25, 0.3) is 0 Å². The Morgan fingerprint density at radius 1 is 1.43 bits per heavy atom. The minimum Gasteiger partial charge on any atom is -0.356 e. The Morgan fingerprint density at radius 2 is 2.19 bits per heavy atom. The summed E-state index contributed by atoms with van der Waals surface area (Å²) >= 11 is 1.75. The molecule has 2 aromatic heterocycles. The molecule has 112 valence electrons. The Hall–Kier alpha value is -1.69. The van der Waals surface area contributed by atoms with E-state index in [-0.39, 0.29) is 5.91 Å². The van der Waals surface area contributed by atoms with Crippen LogP contribution in [0, 0.1) is 0 Å². The van der Waals surface area contributed by atoms with E-state index in [4.69, 9.17) is 0 Å². The van der Waals surface area contributed by atoms with E-state index in [2.05, 4.69) is 33.2 Å². The number of aromatic nitrogens is 2. The monoisotopic (exact) mass is 304 g/mol. The first-order valence-corrected chi connectivity index (χ1v) is 8.24. The molecule has 21 heavy (non-hydrogen) atoms. The summed E-state index contributed by atoms with van der Waals surface area (Å²) in [5.41, 5.74) is 0. The van der Waals surface area contributed by atoms with Crippen molar-refractivity contribution in [2.75, 3.05) is 18.0 Å². The van der Waals surface area contributed by atoms with Crippen LogP contribution in [0.1, 0.15) is 31.6 Å². The molecular weight excluding hydrogens is 284 g/mol. The number of hydrogen-bond donors (Lipinski definition) is 1. The normalized spacial score (nSPS) is 16.4. The van der Waals surface area contributed by atoms with E-state index in [0.717, 1.165) is 48.4 Å². The minimum atomic E-state index is 0.0586. The molecule has 0 aliphatic carbocycles. The van der Waals surface area contributed by atoms with Gasteiger partial charge in [0.2, 0.25) is 5.91 Å². The van der Waals surface area contributed by atoms with Gasteiger partial charge in [0.1, 0.15) is 17.0 Å².